The number of rotatable bonds is 2. The van der Waals surface area contributed by atoms with Crippen LogP contribution in [0.3, 0.4) is 0 Å². The van der Waals surface area contributed by atoms with Gasteiger partial charge in [0.05, 0.1) is 21.6 Å². The van der Waals surface area contributed by atoms with E-state index in [9.17, 15) is 13.2 Å². The first-order valence-electron chi connectivity index (χ1n) is 6.69. The van der Waals surface area contributed by atoms with E-state index >= 15 is 0 Å². The molecule has 1 aromatic heterocycles. The second kappa shape index (κ2) is 5.24. The molecule has 1 heterocycles. The van der Waals surface area contributed by atoms with Crippen molar-refractivity contribution in [3.63, 3.8) is 0 Å². The van der Waals surface area contributed by atoms with E-state index in [1.54, 1.807) is 16.8 Å². The first-order valence-corrected chi connectivity index (χ1v) is 7.57. The maximum Gasteiger partial charge on any atom is 0.391 e. The Balaban J connectivity index is 1.62. The van der Waals surface area contributed by atoms with Crippen LogP contribution in [-0.2, 0) is 0 Å². The molecule has 1 aliphatic rings. The summed E-state index contributed by atoms with van der Waals surface area (Å²) in [7, 11) is 0. The van der Waals surface area contributed by atoms with Gasteiger partial charge in [-0.2, -0.15) is 13.2 Å². The summed E-state index contributed by atoms with van der Waals surface area (Å²) in [6.07, 6.45) is -2.46. The Morgan fingerprint density at radius 3 is 2.60 bits per heavy atom. The first-order chi connectivity index (χ1) is 9.52. The van der Waals surface area contributed by atoms with E-state index in [-0.39, 0.29) is 18.9 Å². The topological polar surface area (TPSA) is 24.9 Å². The fraction of sp³-hybridized carbons (Fsp3) is 0.500. The molecule has 1 N–H and O–H groups in total. The van der Waals surface area contributed by atoms with Gasteiger partial charge in [-0.25, -0.2) is 4.98 Å². The molecular formula is C14H15F3N2S. The van der Waals surface area contributed by atoms with E-state index in [1.807, 2.05) is 18.2 Å². The van der Waals surface area contributed by atoms with Crippen LogP contribution in [0.15, 0.2) is 23.7 Å². The van der Waals surface area contributed by atoms with Crippen LogP contribution in [-0.4, -0.2) is 17.2 Å². The van der Waals surface area contributed by atoms with Crippen molar-refractivity contribution in [3.8, 4) is 0 Å². The van der Waals surface area contributed by atoms with Crippen LogP contribution in [0.25, 0.3) is 10.2 Å². The molecule has 0 atom stereocenters. The molecule has 108 valence electrons. The fourth-order valence-electron chi connectivity index (χ4n) is 2.75. The van der Waals surface area contributed by atoms with Crippen molar-refractivity contribution in [1.29, 1.82) is 0 Å². The highest BCUT2D eigenvalue weighted by Gasteiger charge is 2.41. The van der Waals surface area contributed by atoms with Gasteiger partial charge in [-0.1, -0.05) is 0 Å². The van der Waals surface area contributed by atoms with E-state index in [1.165, 1.54) is 0 Å². The summed E-state index contributed by atoms with van der Waals surface area (Å²) < 4.78 is 38.9. The van der Waals surface area contributed by atoms with Gasteiger partial charge in [0.15, 0.2) is 0 Å². The third-order valence-corrected chi connectivity index (χ3v) is 4.70. The summed E-state index contributed by atoms with van der Waals surface area (Å²) in [5, 5.41) is 3.33. The van der Waals surface area contributed by atoms with E-state index in [4.69, 9.17) is 0 Å². The molecule has 6 heteroatoms. The van der Waals surface area contributed by atoms with E-state index < -0.39 is 12.1 Å². The van der Waals surface area contributed by atoms with Crippen LogP contribution >= 0.6 is 11.3 Å². The standard InChI is InChI=1S/C14H15F3N2S/c15-14(16,17)9-1-3-10(4-2-9)19-11-5-6-13-12(7-11)18-8-20-13/h5-10,19H,1-4H2. The number of nitrogens with one attached hydrogen (secondary N) is 1. The molecule has 0 aliphatic heterocycles. The van der Waals surface area contributed by atoms with Crippen LogP contribution in [0.1, 0.15) is 25.7 Å². The molecule has 1 aliphatic carbocycles. The Bertz CT molecular complexity index is 585. The molecule has 0 radical (unpaired) electrons. The fourth-order valence-corrected chi connectivity index (χ4v) is 3.41. The third-order valence-electron chi connectivity index (χ3n) is 3.89. The summed E-state index contributed by atoms with van der Waals surface area (Å²) in [6, 6.07) is 6.05. The molecular weight excluding hydrogens is 285 g/mol. The number of hydrogen-bond acceptors (Lipinski definition) is 3. The minimum atomic E-state index is -4.04. The minimum absolute atomic E-state index is 0.129. The zero-order chi connectivity index (χ0) is 14.2. The van der Waals surface area contributed by atoms with Crippen LogP contribution in [0.4, 0.5) is 18.9 Å². The summed E-state index contributed by atoms with van der Waals surface area (Å²) in [4.78, 5) is 4.25. The lowest BCUT2D eigenvalue weighted by molar-refractivity contribution is -0.182. The highest BCUT2D eigenvalue weighted by atomic mass is 32.1. The lowest BCUT2D eigenvalue weighted by Crippen LogP contribution is -2.32. The van der Waals surface area contributed by atoms with Gasteiger partial charge in [-0.05, 0) is 43.9 Å². The van der Waals surface area contributed by atoms with Crippen LogP contribution in [0.5, 0.6) is 0 Å². The van der Waals surface area contributed by atoms with Gasteiger partial charge in [0.1, 0.15) is 0 Å². The molecule has 0 bridgehead atoms. The summed E-state index contributed by atoms with van der Waals surface area (Å²) >= 11 is 1.58. The van der Waals surface area contributed by atoms with Gasteiger partial charge in [0.2, 0.25) is 0 Å². The number of alkyl halides is 3. The average Bonchev–Trinajstić information content (AvgIpc) is 2.86. The van der Waals surface area contributed by atoms with Gasteiger partial charge in [0, 0.05) is 11.7 Å². The van der Waals surface area contributed by atoms with E-state index in [0.717, 1.165) is 15.9 Å². The van der Waals surface area contributed by atoms with Gasteiger partial charge < -0.3 is 5.32 Å². The first kappa shape index (κ1) is 13.7. The van der Waals surface area contributed by atoms with Crippen LogP contribution < -0.4 is 5.32 Å². The SMILES string of the molecule is FC(F)(F)C1CCC(Nc2ccc3scnc3c2)CC1. The van der Waals surface area contributed by atoms with Crippen molar-refractivity contribution in [2.24, 2.45) is 5.92 Å². The average molecular weight is 300 g/mol. The van der Waals surface area contributed by atoms with Crippen molar-refractivity contribution in [2.75, 3.05) is 5.32 Å². The molecule has 20 heavy (non-hydrogen) atoms. The van der Waals surface area contributed by atoms with Crippen molar-refractivity contribution in [2.45, 2.75) is 37.9 Å². The predicted molar refractivity (Wildman–Crippen MR) is 75.0 cm³/mol. The maximum absolute atomic E-state index is 12.6. The van der Waals surface area contributed by atoms with Crippen LogP contribution in [0, 0.1) is 5.92 Å². The molecule has 0 unspecified atom stereocenters. The summed E-state index contributed by atoms with van der Waals surface area (Å²) in [6.45, 7) is 0. The Morgan fingerprint density at radius 2 is 1.90 bits per heavy atom. The number of anilines is 1. The predicted octanol–water partition coefficient (Wildman–Crippen LogP) is 4.83. The summed E-state index contributed by atoms with van der Waals surface area (Å²) in [5.74, 6) is -1.12. The Hall–Kier alpha value is -1.30. The molecule has 0 spiro atoms. The third kappa shape index (κ3) is 2.90. The molecule has 3 rings (SSSR count). The Kier molecular flexibility index (Phi) is 3.58. The second-order valence-corrected chi connectivity index (χ2v) is 6.16. The van der Waals surface area contributed by atoms with Crippen molar-refractivity contribution < 1.29 is 13.2 Å². The molecule has 0 amide bonds. The number of nitrogens with zero attached hydrogens (tertiary/aromatic N) is 1. The number of thiazole rings is 1. The smallest absolute Gasteiger partial charge is 0.382 e. The monoisotopic (exact) mass is 300 g/mol. The van der Waals surface area contributed by atoms with E-state index in [0.29, 0.717) is 12.8 Å². The second-order valence-electron chi connectivity index (χ2n) is 5.27. The van der Waals surface area contributed by atoms with Gasteiger partial charge in [-0.15, -0.1) is 11.3 Å². The minimum Gasteiger partial charge on any atom is -0.382 e. The lowest BCUT2D eigenvalue weighted by Gasteiger charge is -2.30. The molecule has 1 aromatic carbocycles. The maximum atomic E-state index is 12.6. The number of halogens is 3. The highest BCUT2D eigenvalue weighted by molar-refractivity contribution is 7.16. The largest absolute Gasteiger partial charge is 0.391 e. The molecule has 2 nitrogen and oxygen atoms in total. The Morgan fingerprint density at radius 1 is 1.15 bits per heavy atom. The van der Waals surface area contributed by atoms with Crippen molar-refractivity contribution >= 4 is 27.2 Å². The zero-order valence-corrected chi connectivity index (χ0v) is 11.6. The number of aromatic nitrogens is 1. The van der Waals surface area contributed by atoms with Crippen LogP contribution in [0.2, 0.25) is 0 Å². The molecule has 1 saturated carbocycles. The lowest BCUT2D eigenvalue weighted by atomic mass is 9.85. The number of benzene rings is 1. The van der Waals surface area contributed by atoms with Gasteiger partial charge in [0.25, 0.3) is 0 Å². The highest BCUT2D eigenvalue weighted by Crippen LogP contribution is 2.38. The van der Waals surface area contributed by atoms with Gasteiger partial charge >= 0.3 is 6.18 Å². The van der Waals surface area contributed by atoms with Crippen molar-refractivity contribution in [3.05, 3.63) is 23.7 Å². The molecule has 1 fully saturated rings. The van der Waals surface area contributed by atoms with Crippen molar-refractivity contribution in [1.82, 2.24) is 4.98 Å². The Labute approximate surface area is 119 Å². The zero-order valence-electron chi connectivity index (χ0n) is 10.8. The van der Waals surface area contributed by atoms with E-state index in [2.05, 4.69) is 10.3 Å². The molecule has 0 saturated heterocycles. The van der Waals surface area contributed by atoms with Gasteiger partial charge in [-0.3, -0.25) is 0 Å². The summed E-state index contributed by atoms with van der Waals surface area (Å²) in [5.41, 5.74) is 3.67. The number of hydrogen-bond donors (Lipinski definition) is 1. The molecule has 2 aromatic rings. The quantitative estimate of drug-likeness (QED) is 0.859. The normalized spacial score (nSPS) is 23.9. The number of fused-ring (bicyclic) bond motifs is 1.